The van der Waals surface area contributed by atoms with Crippen LogP contribution < -0.4 is 4.90 Å². The number of allylic oxidation sites excluding steroid dienone is 1. The summed E-state index contributed by atoms with van der Waals surface area (Å²) in [7, 11) is -3.09. The predicted octanol–water partition coefficient (Wildman–Crippen LogP) is 1.91. The van der Waals surface area contributed by atoms with Gasteiger partial charge < -0.3 is 4.90 Å². The fourth-order valence-electron chi connectivity index (χ4n) is 3.04. The van der Waals surface area contributed by atoms with Crippen LogP contribution in [-0.4, -0.2) is 26.1 Å². The van der Waals surface area contributed by atoms with Gasteiger partial charge in [0.15, 0.2) is 9.84 Å². The van der Waals surface area contributed by atoms with Crippen LogP contribution in [0.5, 0.6) is 0 Å². The van der Waals surface area contributed by atoms with Crippen LogP contribution in [-0.2, 0) is 21.1 Å². The first-order valence-electron chi connectivity index (χ1n) is 6.77. The molecule has 5 heteroatoms. The summed E-state index contributed by atoms with van der Waals surface area (Å²) in [6.45, 7) is 2.03. The average Bonchev–Trinajstić information content (AvgIpc) is 2.88. The molecule has 0 N–H and O–H groups in total. The van der Waals surface area contributed by atoms with Crippen molar-refractivity contribution < 1.29 is 13.2 Å². The van der Waals surface area contributed by atoms with Crippen molar-refractivity contribution in [2.24, 2.45) is 5.92 Å². The van der Waals surface area contributed by atoms with Crippen LogP contribution in [0, 0.1) is 5.92 Å². The highest BCUT2D eigenvalue weighted by Crippen LogP contribution is 2.33. The van der Waals surface area contributed by atoms with E-state index in [1.807, 2.05) is 36.1 Å². The number of hydrogen-bond acceptors (Lipinski definition) is 3. The summed E-state index contributed by atoms with van der Waals surface area (Å²) < 4.78 is 22.8. The third-order valence-electron chi connectivity index (χ3n) is 3.92. The number of carbonyl (C=O) groups excluding carboxylic acids is 1. The van der Waals surface area contributed by atoms with Gasteiger partial charge in [-0.25, -0.2) is 8.42 Å². The second kappa shape index (κ2) is 4.74. The maximum absolute atomic E-state index is 12.5. The minimum Gasteiger partial charge on any atom is -0.309 e. The molecule has 0 saturated heterocycles. The molecule has 2 aliphatic heterocycles. The Bertz CT molecular complexity index is 678. The van der Waals surface area contributed by atoms with Crippen molar-refractivity contribution in [3.8, 4) is 0 Å². The van der Waals surface area contributed by atoms with Crippen LogP contribution in [0.2, 0.25) is 0 Å². The highest BCUT2D eigenvalue weighted by Gasteiger charge is 2.33. The first-order chi connectivity index (χ1) is 9.46. The van der Waals surface area contributed by atoms with Crippen molar-refractivity contribution in [1.82, 2.24) is 0 Å². The Kier molecular flexibility index (Phi) is 3.17. The predicted molar refractivity (Wildman–Crippen MR) is 78.1 cm³/mol. The average molecular weight is 291 g/mol. The molecular formula is C15H17NO3S. The summed E-state index contributed by atoms with van der Waals surface area (Å²) in [4.78, 5) is 14.3. The quantitative estimate of drug-likeness (QED) is 0.836. The van der Waals surface area contributed by atoms with Crippen LogP contribution in [0.25, 0.3) is 0 Å². The molecule has 0 spiro atoms. The molecule has 0 unspecified atom stereocenters. The molecule has 0 fully saturated rings. The molecule has 0 bridgehead atoms. The Hall–Kier alpha value is -1.62. The monoisotopic (exact) mass is 291 g/mol. The van der Waals surface area contributed by atoms with Gasteiger partial charge in [0.25, 0.3) is 0 Å². The third-order valence-corrected chi connectivity index (χ3v) is 5.38. The van der Waals surface area contributed by atoms with E-state index in [-0.39, 0.29) is 30.0 Å². The van der Waals surface area contributed by atoms with Crippen molar-refractivity contribution in [2.75, 3.05) is 10.7 Å². The maximum atomic E-state index is 12.5. The molecule has 2 atom stereocenters. The molecule has 0 aliphatic carbocycles. The van der Waals surface area contributed by atoms with Gasteiger partial charge in [-0.1, -0.05) is 24.3 Å². The Morgan fingerprint density at radius 2 is 2.10 bits per heavy atom. The lowest BCUT2D eigenvalue weighted by Gasteiger charge is -2.23. The number of nitrogens with zero attached hydrogens (tertiary/aromatic N) is 1. The van der Waals surface area contributed by atoms with Crippen molar-refractivity contribution >= 4 is 21.4 Å². The lowest BCUT2D eigenvalue weighted by Crippen LogP contribution is -2.36. The molecular weight excluding hydrogens is 274 g/mol. The number of benzene rings is 1. The first kappa shape index (κ1) is 13.4. The van der Waals surface area contributed by atoms with E-state index in [0.29, 0.717) is 0 Å². The number of carbonyl (C=O) groups is 1. The molecule has 3 rings (SSSR count). The summed E-state index contributed by atoms with van der Waals surface area (Å²) >= 11 is 0. The minimum absolute atomic E-state index is 0.00852. The second-order valence-corrected chi connectivity index (χ2v) is 7.50. The standard InChI is InChI=1S/C15H17NO3S/c1-11-8-13-4-2-3-5-14(13)16(11)15(17)9-12-6-7-20(18,19)10-12/h2-7,11-12H,8-10H2,1H3/t11-,12+/m0/s1. The first-order valence-corrected chi connectivity index (χ1v) is 8.49. The van der Waals surface area contributed by atoms with Crippen molar-refractivity contribution in [1.29, 1.82) is 0 Å². The SMILES string of the molecule is C[C@H]1Cc2ccccc2N1C(=O)C[C@H]1C=CS(=O)(=O)C1. The lowest BCUT2D eigenvalue weighted by atomic mass is 10.1. The van der Waals surface area contributed by atoms with Gasteiger partial charge in [-0.2, -0.15) is 0 Å². The second-order valence-electron chi connectivity index (χ2n) is 5.57. The lowest BCUT2D eigenvalue weighted by molar-refractivity contribution is -0.119. The van der Waals surface area contributed by atoms with Crippen molar-refractivity contribution in [3.63, 3.8) is 0 Å². The number of sulfone groups is 1. The van der Waals surface area contributed by atoms with Gasteiger partial charge in [0.2, 0.25) is 5.91 Å². The molecule has 1 amide bonds. The number of hydrogen-bond donors (Lipinski definition) is 0. The van der Waals surface area contributed by atoms with E-state index < -0.39 is 9.84 Å². The number of amides is 1. The largest absolute Gasteiger partial charge is 0.309 e. The summed E-state index contributed by atoms with van der Waals surface area (Å²) in [6, 6.07) is 8.04. The van der Waals surface area contributed by atoms with Crippen LogP contribution in [0.1, 0.15) is 18.9 Å². The van der Waals surface area contributed by atoms with E-state index in [9.17, 15) is 13.2 Å². The fourth-order valence-corrected chi connectivity index (χ4v) is 4.43. The van der Waals surface area contributed by atoms with Crippen LogP contribution in [0.3, 0.4) is 0 Å². The highest BCUT2D eigenvalue weighted by atomic mass is 32.2. The Labute approximate surface area is 119 Å². The van der Waals surface area contributed by atoms with E-state index in [1.165, 1.54) is 11.0 Å². The van der Waals surface area contributed by atoms with Crippen molar-refractivity contribution in [3.05, 3.63) is 41.3 Å². The van der Waals surface area contributed by atoms with E-state index in [0.717, 1.165) is 12.1 Å². The molecule has 4 nitrogen and oxygen atoms in total. The molecule has 1 aromatic rings. The number of fused-ring (bicyclic) bond motifs is 1. The normalized spacial score (nSPS) is 26.8. The molecule has 106 valence electrons. The van der Waals surface area contributed by atoms with Gasteiger partial charge in [-0.3, -0.25) is 4.79 Å². The van der Waals surface area contributed by atoms with Crippen LogP contribution in [0.4, 0.5) is 5.69 Å². The third kappa shape index (κ3) is 2.38. The molecule has 0 radical (unpaired) electrons. The fraction of sp³-hybridized carbons (Fsp3) is 0.400. The topological polar surface area (TPSA) is 54.5 Å². The number of rotatable bonds is 2. The van der Waals surface area contributed by atoms with E-state index >= 15 is 0 Å². The summed E-state index contributed by atoms with van der Waals surface area (Å²) in [5, 5.41) is 1.23. The Morgan fingerprint density at radius 3 is 2.80 bits per heavy atom. The van der Waals surface area contributed by atoms with Gasteiger partial charge in [-0.15, -0.1) is 0 Å². The highest BCUT2D eigenvalue weighted by molar-refractivity contribution is 7.94. The minimum atomic E-state index is -3.09. The molecule has 0 aromatic heterocycles. The van der Waals surface area contributed by atoms with E-state index in [4.69, 9.17) is 0 Å². The maximum Gasteiger partial charge on any atom is 0.227 e. The summed E-state index contributed by atoms with van der Waals surface area (Å²) in [6.07, 6.45) is 2.76. The van der Waals surface area contributed by atoms with Gasteiger partial charge in [0.1, 0.15) is 0 Å². The van der Waals surface area contributed by atoms with E-state index in [1.54, 1.807) is 6.08 Å². The van der Waals surface area contributed by atoms with Gasteiger partial charge in [-0.05, 0) is 25.0 Å². The smallest absolute Gasteiger partial charge is 0.227 e. The molecule has 1 aromatic carbocycles. The van der Waals surface area contributed by atoms with Crippen LogP contribution >= 0.6 is 0 Å². The number of para-hydroxylation sites is 1. The van der Waals surface area contributed by atoms with Crippen LogP contribution in [0.15, 0.2) is 35.7 Å². The molecule has 0 saturated carbocycles. The Balaban J connectivity index is 1.77. The molecule has 2 aliphatic rings. The molecule has 20 heavy (non-hydrogen) atoms. The zero-order valence-electron chi connectivity index (χ0n) is 11.3. The van der Waals surface area contributed by atoms with Gasteiger partial charge in [0.05, 0.1) is 5.75 Å². The van der Waals surface area contributed by atoms with E-state index in [2.05, 4.69) is 0 Å². The zero-order chi connectivity index (χ0) is 14.3. The summed E-state index contributed by atoms with van der Waals surface area (Å²) in [5.74, 6) is -0.121. The van der Waals surface area contributed by atoms with Crippen molar-refractivity contribution in [2.45, 2.75) is 25.8 Å². The summed E-state index contributed by atoms with van der Waals surface area (Å²) in [5.41, 5.74) is 2.15. The Morgan fingerprint density at radius 1 is 1.35 bits per heavy atom. The zero-order valence-corrected chi connectivity index (χ0v) is 12.1. The van der Waals surface area contributed by atoms with Gasteiger partial charge >= 0.3 is 0 Å². The number of anilines is 1. The molecule has 2 heterocycles. The van der Waals surface area contributed by atoms with Gasteiger partial charge in [0, 0.05) is 29.5 Å².